The average Bonchev–Trinajstić information content (AvgIpc) is 3.30. The number of aliphatic hydroxyl groups is 1. The van der Waals surface area contributed by atoms with Crippen LogP contribution in [0.4, 0.5) is 0 Å². The molecule has 0 radical (unpaired) electrons. The minimum Gasteiger partial charge on any atom is -0.390 e. The topological polar surface area (TPSA) is 61.8 Å². The van der Waals surface area contributed by atoms with E-state index in [9.17, 15) is 5.11 Å². The van der Waals surface area contributed by atoms with Gasteiger partial charge in [-0.25, -0.2) is 0 Å². The zero-order valence-corrected chi connectivity index (χ0v) is 19.1. The van der Waals surface area contributed by atoms with Crippen LogP contribution in [0.5, 0.6) is 0 Å². The van der Waals surface area contributed by atoms with Crippen molar-refractivity contribution in [3.63, 3.8) is 0 Å². The van der Waals surface area contributed by atoms with Crippen molar-refractivity contribution in [3.8, 4) is 6.07 Å². The van der Waals surface area contributed by atoms with Crippen molar-refractivity contribution >= 4 is 0 Å². The fourth-order valence-corrected chi connectivity index (χ4v) is 9.00. The van der Waals surface area contributed by atoms with Gasteiger partial charge in [-0.15, -0.1) is 0 Å². The zero-order valence-electron chi connectivity index (χ0n) is 19.1. The smallest absolute Gasteiger partial charge is 0.102 e. The molecule has 4 heteroatoms. The molecule has 4 aliphatic carbocycles. The van der Waals surface area contributed by atoms with E-state index in [1.165, 1.54) is 44.9 Å². The molecule has 1 heterocycles. The van der Waals surface area contributed by atoms with Gasteiger partial charge in [0, 0.05) is 12.7 Å². The number of nitrogens with zero attached hydrogens (tertiary/aromatic N) is 3. The molecule has 0 spiro atoms. The Morgan fingerprint density at radius 2 is 1.93 bits per heavy atom. The predicted molar refractivity (Wildman–Crippen MR) is 117 cm³/mol. The van der Waals surface area contributed by atoms with Gasteiger partial charge in [0.25, 0.3) is 0 Å². The summed E-state index contributed by atoms with van der Waals surface area (Å²) in [6.45, 7) is 8.03. The maximum atomic E-state index is 10.6. The van der Waals surface area contributed by atoms with E-state index in [2.05, 4.69) is 31.9 Å². The molecule has 0 bridgehead atoms. The van der Waals surface area contributed by atoms with Gasteiger partial charge < -0.3 is 5.11 Å². The Balaban J connectivity index is 1.30. The average molecular weight is 410 g/mol. The van der Waals surface area contributed by atoms with E-state index >= 15 is 0 Å². The van der Waals surface area contributed by atoms with E-state index in [4.69, 9.17) is 5.26 Å². The highest BCUT2D eigenvalue weighted by atomic mass is 16.3. The Morgan fingerprint density at radius 3 is 2.70 bits per heavy atom. The molecule has 0 aromatic carbocycles. The van der Waals surface area contributed by atoms with Crippen LogP contribution in [0.25, 0.3) is 0 Å². The molecule has 1 aromatic heterocycles. The summed E-state index contributed by atoms with van der Waals surface area (Å²) in [5.41, 5.74) is 0.725. The van der Waals surface area contributed by atoms with Gasteiger partial charge in [-0.2, -0.15) is 10.4 Å². The number of rotatable bonds is 3. The van der Waals surface area contributed by atoms with Crippen molar-refractivity contribution in [1.82, 2.24) is 9.78 Å². The van der Waals surface area contributed by atoms with E-state index in [0.717, 1.165) is 54.9 Å². The Bertz CT molecular complexity index is 822. The summed E-state index contributed by atoms with van der Waals surface area (Å²) in [5, 5.41) is 24.1. The second kappa shape index (κ2) is 7.37. The van der Waals surface area contributed by atoms with Crippen molar-refractivity contribution < 1.29 is 5.11 Å². The molecular formula is C26H39N3O. The molecule has 1 aromatic rings. The van der Waals surface area contributed by atoms with Crippen LogP contribution in [-0.4, -0.2) is 20.5 Å². The van der Waals surface area contributed by atoms with Gasteiger partial charge in [0.2, 0.25) is 0 Å². The molecule has 5 rings (SSSR count). The molecule has 30 heavy (non-hydrogen) atoms. The summed E-state index contributed by atoms with van der Waals surface area (Å²) in [6.07, 6.45) is 15.2. The predicted octanol–water partition coefficient (Wildman–Crippen LogP) is 5.41. The van der Waals surface area contributed by atoms with Gasteiger partial charge in [-0.3, -0.25) is 4.68 Å². The maximum Gasteiger partial charge on any atom is 0.102 e. The number of nitriles is 1. The first-order chi connectivity index (χ1) is 14.3. The standard InChI is InChI=1S/C26H39N3O/c1-17(15-29-16-18(13-27)14-28-29)23-6-7-24-22-5-4-19-12-25(2,30)10-8-20(19)21(22)9-11-26(23,24)3/h14,16-17,19-24,30H,4-12,15H2,1-3H3/t17-,19+,20-,21+,22+,23+,24-,25+,26+/m0/s1. The lowest BCUT2D eigenvalue weighted by Crippen LogP contribution is -2.51. The molecule has 0 saturated heterocycles. The quantitative estimate of drug-likeness (QED) is 0.726. The summed E-state index contributed by atoms with van der Waals surface area (Å²) in [4.78, 5) is 0. The van der Waals surface area contributed by atoms with Crippen LogP contribution in [0.15, 0.2) is 12.4 Å². The monoisotopic (exact) mass is 409 g/mol. The first-order valence-corrected chi connectivity index (χ1v) is 12.5. The molecule has 4 saturated carbocycles. The van der Waals surface area contributed by atoms with Crippen LogP contribution >= 0.6 is 0 Å². The molecule has 164 valence electrons. The maximum absolute atomic E-state index is 10.6. The minimum atomic E-state index is -0.414. The molecule has 0 amide bonds. The van der Waals surface area contributed by atoms with Crippen LogP contribution in [0.2, 0.25) is 0 Å². The SMILES string of the molecule is C[C@@H](Cn1cc(C#N)cn1)[C@H]1CC[C@H]2[C@@H]3CC[C@@H]4C[C@](C)(O)CC[C@@H]4[C@H]3CC[C@]12C. The number of fused-ring (bicyclic) bond motifs is 5. The highest BCUT2D eigenvalue weighted by Gasteiger charge is 2.58. The van der Waals surface area contributed by atoms with Gasteiger partial charge in [0.05, 0.1) is 17.4 Å². The largest absolute Gasteiger partial charge is 0.390 e. The fourth-order valence-electron chi connectivity index (χ4n) is 9.00. The molecular weight excluding hydrogens is 370 g/mol. The van der Waals surface area contributed by atoms with Gasteiger partial charge in [0.1, 0.15) is 6.07 Å². The fraction of sp³-hybridized carbons (Fsp3) is 0.846. The van der Waals surface area contributed by atoms with E-state index in [1.54, 1.807) is 6.20 Å². The van der Waals surface area contributed by atoms with Gasteiger partial charge >= 0.3 is 0 Å². The lowest BCUT2D eigenvalue weighted by atomic mass is 9.48. The third kappa shape index (κ3) is 3.32. The molecule has 9 atom stereocenters. The van der Waals surface area contributed by atoms with Crippen molar-refractivity contribution in [2.24, 2.45) is 46.8 Å². The number of aromatic nitrogens is 2. The van der Waals surface area contributed by atoms with Crippen LogP contribution in [-0.2, 0) is 6.54 Å². The van der Waals surface area contributed by atoms with E-state index in [-0.39, 0.29) is 0 Å². The minimum absolute atomic E-state index is 0.414. The highest BCUT2D eigenvalue weighted by Crippen LogP contribution is 2.65. The number of hydrogen-bond donors (Lipinski definition) is 1. The lowest BCUT2D eigenvalue weighted by Gasteiger charge is -2.57. The summed E-state index contributed by atoms with van der Waals surface area (Å²) in [6, 6.07) is 2.20. The van der Waals surface area contributed by atoms with Gasteiger partial charge in [-0.1, -0.05) is 13.8 Å². The first-order valence-electron chi connectivity index (χ1n) is 12.5. The Labute approximate surface area is 182 Å². The van der Waals surface area contributed by atoms with Crippen molar-refractivity contribution in [2.75, 3.05) is 0 Å². The van der Waals surface area contributed by atoms with Crippen LogP contribution in [0, 0.1) is 58.2 Å². The molecule has 4 aliphatic rings. The van der Waals surface area contributed by atoms with Crippen molar-refractivity contribution in [1.29, 1.82) is 5.26 Å². The first kappa shape index (κ1) is 20.6. The van der Waals surface area contributed by atoms with Gasteiger partial charge in [0.15, 0.2) is 0 Å². The summed E-state index contributed by atoms with van der Waals surface area (Å²) < 4.78 is 1.99. The third-order valence-corrected chi connectivity index (χ3v) is 10.2. The summed E-state index contributed by atoms with van der Waals surface area (Å²) in [7, 11) is 0. The van der Waals surface area contributed by atoms with Crippen LogP contribution in [0.3, 0.4) is 0 Å². The molecule has 1 N–H and O–H groups in total. The zero-order chi connectivity index (χ0) is 21.1. The Morgan fingerprint density at radius 1 is 1.13 bits per heavy atom. The van der Waals surface area contributed by atoms with E-state index < -0.39 is 5.60 Å². The normalized spacial score (nSPS) is 46.4. The summed E-state index contributed by atoms with van der Waals surface area (Å²) in [5.74, 6) is 5.73. The molecule has 0 unspecified atom stereocenters. The van der Waals surface area contributed by atoms with E-state index in [0.29, 0.717) is 16.9 Å². The third-order valence-electron chi connectivity index (χ3n) is 10.2. The van der Waals surface area contributed by atoms with E-state index in [1.807, 2.05) is 10.9 Å². The second-order valence-corrected chi connectivity index (χ2v) is 11.9. The Hall–Kier alpha value is -1.34. The van der Waals surface area contributed by atoms with Crippen LogP contribution < -0.4 is 0 Å². The van der Waals surface area contributed by atoms with Gasteiger partial charge in [-0.05, 0) is 112 Å². The lowest BCUT2D eigenvalue weighted by molar-refractivity contribution is -0.103. The Kier molecular flexibility index (Phi) is 5.05. The summed E-state index contributed by atoms with van der Waals surface area (Å²) >= 11 is 0. The van der Waals surface area contributed by atoms with Crippen LogP contribution in [0.1, 0.15) is 84.1 Å². The second-order valence-electron chi connectivity index (χ2n) is 11.9. The van der Waals surface area contributed by atoms with Crippen molar-refractivity contribution in [2.45, 2.75) is 90.7 Å². The highest BCUT2D eigenvalue weighted by molar-refractivity contribution is 5.21. The molecule has 4 fully saturated rings. The molecule has 4 nitrogen and oxygen atoms in total. The van der Waals surface area contributed by atoms with Crippen molar-refractivity contribution in [3.05, 3.63) is 18.0 Å². The number of hydrogen-bond acceptors (Lipinski definition) is 3. The molecule has 0 aliphatic heterocycles.